The fourth-order valence-corrected chi connectivity index (χ4v) is 3.55. The summed E-state index contributed by atoms with van der Waals surface area (Å²) in [5.41, 5.74) is 3.14. The molecule has 3 aromatic rings. The number of carbonyl (C=O) groups excluding carboxylic acids is 2. The van der Waals surface area contributed by atoms with Gasteiger partial charge in [0.2, 0.25) is 5.91 Å². The molecule has 1 aliphatic rings. The lowest BCUT2D eigenvalue weighted by Crippen LogP contribution is -2.35. The normalized spacial score (nSPS) is 14.1. The van der Waals surface area contributed by atoms with Crippen molar-refractivity contribution in [1.82, 2.24) is 20.3 Å². The van der Waals surface area contributed by atoms with Crippen molar-refractivity contribution >= 4 is 17.5 Å². The number of hydrogen-bond acceptors (Lipinski definition) is 4. The molecule has 1 saturated heterocycles. The first kappa shape index (κ1) is 19.8. The van der Waals surface area contributed by atoms with Crippen molar-refractivity contribution in [1.29, 1.82) is 0 Å². The molecule has 30 heavy (non-hydrogen) atoms. The first-order valence-corrected chi connectivity index (χ1v) is 9.88. The van der Waals surface area contributed by atoms with Crippen molar-refractivity contribution < 1.29 is 14.0 Å². The predicted octanol–water partition coefficient (Wildman–Crippen LogP) is 3.16. The van der Waals surface area contributed by atoms with Gasteiger partial charge in [0.15, 0.2) is 5.69 Å². The Bertz CT molecular complexity index is 1080. The van der Waals surface area contributed by atoms with Crippen LogP contribution in [0.3, 0.4) is 0 Å². The Balaban J connectivity index is 1.45. The lowest BCUT2D eigenvalue weighted by Gasteiger charge is -2.27. The Kier molecular flexibility index (Phi) is 5.56. The van der Waals surface area contributed by atoms with Gasteiger partial charge in [0.1, 0.15) is 5.82 Å². The quantitative estimate of drug-likeness (QED) is 0.705. The number of piperidine rings is 1. The maximum Gasteiger partial charge on any atom is 0.274 e. The molecule has 0 spiro atoms. The van der Waals surface area contributed by atoms with Crippen LogP contribution in [0.2, 0.25) is 0 Å². The highest BCUT2D eigenvalue weighted by Gasteiger charge is 2.20. The second-order valence-corrected chi connectivity index (χ2v) is 7.27. The number of halogens is 1. The molecule has 8 heteroatoms. The first-order chi connectivity index (χ1) is 14.5. The summed E-state index contributed by atoms with van der Waals surface area (Å²) in [6, 6.07) is 13.4. The van der Waals surface area contributed by atoms with Crippen molar-refractivity contribution in [2.45, 2.75) is 32.7 Å². The number of anilines is 1. The predicted molar refractivity (Wildman–Crippen MR) is 110 cm³/mol. The minimum atomic E-state index is -0.347. The fourth-order valence-electron chi connectivity index (χ4n) is 3.55. The molecule has 0 saturated carbocycles. The van der Waals surface area contributed by atoms with E-state index < -0.39 is 0 Å². The standard InChI is InChI=1S/C22H22FN5O2/c1-15-21(25-26-28(15)18-10-8-17(23)9-11-18)22(30)24-14-16-5-4-6-19(13-16)27-12-3-2-7-20(27)29/h4-6,8-11,13H,2-3,7,12,14H2,1H3,(H,24,30). The number of nitrogens with zero attached hydrogens (tertiary/aromatic N) is 4. The topological polar surface area (TPSA) is 80.1 Å². The van der Waals surface area contributed by atoms with Gasteiger partial charge in [0.25, 0.3) is 5.91 Å². The van der Waals surface area contributed by atoms with Crippen molar-refractivity contribution in [3.05, 3.63) is 71.3 Å². The molecule has 1 fully saturated rings. The zero-order chi connectivity index (χ0) is 21.1. The molecule has 2 aromatic carbocycles. The molecule has 1 aliphatic heterocycles. The van der Waals surface area contributed by atoms with Gasteiger partial charge in [0.05, 0.1) is 11.4 Å². The van der Waals surface area contributed by atoms with Gasteiger partial charge in [0, 0.05) is 25.2 Å². The second-order valence-electron chi connectivity index (χ2n) is 7.27. The maximum atomic E-state index is 13.1. The smallest absolute Gasteiger partial charge is 0.274 e. The van der Waals surface area contributed by atoms with Crippen molar-refractivity contribution in [3.8, 4) is 5.69 Å². The highest BCUT2D eigenvalue weighted by atomic mass is 19.1. The number of rotatable bonds is 5. The molecule has 1 aromatic heterocycles. The lowest BCUT2D eigenvalue weighted by molar-refractivity contribution is -0.119. The van der Waals surface area contributed by atoms with Crippen LogP contribution in [0.4, 0.5) is 10.1 Å². The molecule has 1 N–H and O–H groups in total. The highest BCUT2D eigenvalue weighted by molar-refractivity contribution is 5.94. The zero-order valence-corrected chi connectivity index (χ0v) is 16.6. The van der Waals surface area contributed by atoms with Crippen molar-refractivity contribution in [2.24, 2.45) is 0 Å². The molecule has 7 nitrogen and oxygen atoms in total. The summed E-state index contributed by atoms with van der Waals surface area (Å²) in [6.07, 6.45) is 2.50. The Morgan fingerprint density at radius 1 is 1.13 bits per heavy atom. The molecule has 0 atom stereocenters. The number of amides is 2. The van der Waals surface area contributed by atoms with Gasteiger partial charge in [-0.2, -0.15) is 0 Å². The van der Waals surface area contributed by atoms with Crippen LogP contribution in [0.25, 0.3) is 5.69 Å². The van der Waals surface area contributed by atoms with E-state index in [0.717, 1.165) is 30.6 Å². The van der Waals surface area contributed by atoms with Crippen LogP contribution in [-0.2, 0) is 11.3 Å². The van der Waals surface area contributed by atoms with Crippen molar-refractivity contribution in [2.75, 3.05) is 11.4 Å². The number of benzene rings is 2. The summed E-state index contributed by atoms with van der Waals surface area (Å²) >= 11 is 0. The molecule has 154 valence electrons. The van der Waals surface area contributed by atoms with E-state index in [1.165, 1.54) is 16.8 Å². The Morgan fingerprint density at radius 2 is 1.93 bits per heavy atom. The molecule has 0 aliphatic carbocycles. The Morgan fingerprint density at radius 3 is 2.70 bits per heavy atom. The number of aromatic nitrogens is 3. The molecule has 4 rings (SSSR count). The minimum absolute atomic E-state index is 0.135. The third-order valence-electron chi connectivity index (χ3n) is 5.18. The van der Waals surface area contributed by atoms with Crippen LogP contribution in [0.5, 0.6) is 0 Å². The summed E-state index contributed by atoms with van der Waals surface area (Å²) in [4.78, 5) is 26.6. The van der Waals surface area contributed by atoms with Gasteiger partial charge >= 0.3 is 0 Å². The monoisotopic (exact) mass is 407 g/mol. The van der Waals surface area contributed by atoms with E-state index >= 15 is 0 Å². The van der Waals surface area contributed by atoms with E-state index in [1.54, 1.807) is 24.0 Å². The largest absolute Gasteiger partial charge is 0.347 e. The highest BCUT2D eigenvalue weighted by Crippen LogP contribution is 2.22. The van der Waals surface area contributed by atoms with Gasteiger partial charge < -0.3 is 10.2 Å². The van der Waals surface area contributed by atoms with Crippen LogP contribution in [-0.4, -0.2) is 33.4 Å². The van der Waals surface area contributed by atoms with Crippen LogP contribution in [0, 0.1) is 12.7 Å². The van der Waals surface area contributed by atoms with Gasteiger partial charge in [-0.25, -0.2) is 9.07 Å². The fraction of sp³-hybridized carbons (Fsp3) is 0.273. The summed E-state index contributed by atoms with van der Waals surface area (Å²) in [5.74, 6) is -0.557. The Hall–Kier alpha value is -3.55. The molecular weight excluding hydrogens is 385 g/mol. The van der Waals surface area contributed by atoms with Crippen LogP contribution < -0.4 is 10.2 Å². The third-order valence-corrected chi connectivity index (χ3v) is 5.18. The SMILES string of the molecule is Cc1c(C(=O)NCc2cccc(N3CCCCC3=O)c2)nnn1-c1ccc(F)cc1. The van der Waals surface area contributed by atoms with Crippen molar-refractivity contribution in [3.63, 3.8) is 0 Å². The van der Waals surface area contributed by atoms with E-state index in [0.29, 0.717) is 24.3 Å². The average Bonchev–Trinajstić information content (AvgIpc) is 3.14. The van der Waals surface area contributed by atoms with Crippen LogP contribution >= 0.6 is 0 Å². The minimum Gasteiger partial charge on any atom is -0.347 e. The van der Waals surface area contributed by atoms with E-state index in [2.05, 4.69) is 15.6 Å². The van der Waals surface area contributed by atoms with E-state index in [4.69, 9.17) is 0 Å². The van der Waals surface area contributed by atoms with Gasteiger partial charge in [-0.1, -0.05) is 17.3 Å². The van der Waals surface area contributed by atoms with Gasteiger partial charge in [-0.15, -0.1) is 5.10 Å². The summed E-state index contributed by atoms with van der Waals surface area (Å²) in [5, 5.41) is 10.8. The van der Waals surface area contributed by atoms with Crippen LogP contribution in [0.15, 0.2) is 48.5 Å². The third kappa shape index (κ3) is 4.07. The zero-order valence-electron chi connectivity index (χ0n) is 16.6. The lowest BCUT2D eigenvalue weighted by atomic mass is 10.1. The van der Waals surface area contributed by atoms with Gasteiger partial charge in [-0.3, -0.25) is 9.59 Å². The van der Waals surface area contributed by atoms with E-state index in [9.17, 15) is 14.0 Å². The van der Waals surface area contributed by atoms with Crippen LogP contribution in [0.1, 0.15) is 41.0 Å². The number of hydrogen-bond donors (Lipinski definition) is 1. The summed E-state index contributed by atoms with van der Waals surface area (Å²) < 4.78 is 14.6. The summed E-state index contributed by atoms with van der Waals surface area (Å²) in [7, 11) is 0. The summed E-state index contributed by atoms with van der Waals surface area (Å²) in [6.45, 7) is 2.76. The second kappa shape index (κ2) is 8.44. The van der Waals surface area contributed by atoms with E-state index in [-0.39, 0.29) is 23.3 Å². The molecule has 0 radical (unpaired) electrons. The average molecular weight is 407 g/mol. The molecular formula is C22H22FN5O2. The molecule has 0 unspecified atom stereocenters. The van der Waals surface area contributed by atoms with E-state index in [1.807, 2.05) is 24.3 Å². The number of carbonyl (C=O) groups is 2. The molecule has 2 amide bonds. The van der Waals surface area contributed by atoms with Gasteiger partial charge in [-0.05, 0) is 61.7 Å². The maximum absolute atomic E-state index is 13.1. The Labute approximate surface area is 173 Å². The first-order valence-electron chi connectivity index (χ1n) is 9.88. The molecule has 2 heterocycles. The molecule has 0 bridgehead atoms. The number of nitrogens with one attached hydrogen (secondary N) is 1.